The van der Waals surface area contributed by atoms with Gasteiger partial charge in [-0.2, -0.15) is 0 Å². The van der Waals surface area contributed by atoms with E-state index >= 15 is 0 Å². The minimum atomic E-state index is 0.166. The van der Waals surface area contributed by atoms with E-state index in [0.29, 0.717) is 17.7 Å². The molecule has 1 saturated heterocycles. The normalized spacial score (nSPS) is 41.2. The molecule has 2 heterocycles. The number of piperidine rings is 1. The van der Waals surface area contributed by atoms with Crippen LogP contribution in [0.15, 0.2) is 12.1 Å². The number of hydrogen-bond donors (Lipinski definition) is 0. The van der Waals surface area contributed by atoms with Gasteiger partial charge in [-0.15, -0.1) is 0 Å². The summed E-state index contributed by atoms with van der Waals surface area (Å²) in [6.07, 6.45) is 3.53. The van der Waals surface area contributed by atoms with E-state index in [1.54, 1.807) is 5.56 Å². The summed E-state index contributed by atoms with van der Waals surface area (Å²) in [7, 11) is 4.40. The van der Waals surface area contributed by atoms with Gasteiger partial charge in [0.1, 0.15) is 0 Å². The molecule has 1 aromatic rings. The maximum atomic E-state index is 13.1. The molecule has 3 heteroatoms. The minimum absolute atomic E-state index is 0.166. The molecule has 5 unspecified atom stereocenters. The molecule has 2 aliphatic heterocycles. The van der Waals surface area contributed by atoms with Crippen LogP contribution in [-0.2, 0) is 10.2 Å². The van der Waals surface area contributed by atoms with Crippen LogP contribution in [0.2, 0.25) is 0 Å². The Morgan fingerprint density at radius 2 is 1.96 bits per heavy atom. The zero-order valence-corrected chi connectivity index (χ0v) is 14.6. The minimum Gasteiger partial charge on any atom is -0.370 e. The summed E-state index contributed by atoms with van der Waals surface area (Å²) in [5, 5.41) is 0. The summed E-state index contributed by atoms with van der Waals surface area (Å²) < 4.78 is 0. The van der Waals surface area contributed by atoms with Gasteiger partial charge in [0, 0.05) is 30.1 Å². The summed E-state index contributed by atoms with van der Waals surface area (Å²) in [6.45, 7) is 5.51. The average Bonchev–Trinajstić information content (AvgIpc) is 2.76. The first-order valence-corrected chi connectivity index (χ1v) is 9.05. The van der Waals surface area contributed by atoms with Crippen molar-refractivity contribution in [3.63, 3.8) is 0 Å². The summed E-state index contributed by atoms with van der Waals surface area (Å²) in [5.74, 6) is 1.26. The second-order valence-electron chi connectivity index (χ2n) is 8.44. The monoisotopic (exact) mass is 310 g/mol. The van der Waals surface area contributed by atoms with Gasteiger partial charge in [0.2, 0.25) is 0 Å². The molecule has 23 heavy (non-hydrogen) atoms. The second kappa shape index (κ2) is 4.18. The smallest absolute Gasteiger partial charge is 0.155 e. The molecule has 4 bridgehead atoms. The number of aryl methyl sites for hydroxylation is 2. The van der Waals surface area contributed by atoms with Crippen LogP contribution in [-0.4, -0.2) is 43.4 Å². The molecule has 3 nitrogen and oxygen atoms in total. The fourth-order valence-electron chi connectivity index (χ4n) is 6.90. The van der Waals surface area contributed by atoms with Crippen LogP contribution in [0.5, 0.6) is 0 Å². The molecular formula is C20H26N2O. The topological polar surface area (TPSA) is 23.6 Å². The van der Waals surface area contributed by atoms with Crippen LogP contribution in [0.3, 0.4) is 0 Å². The van der Waals surface area contributed by atoms with Gasteiger partial charge in [-0.25, -0.2) is 0 Å². The van der Waals surface area contributed by atoms with Crippen molar-refractivity contribution in [3.8, 4) is 0 Å². The number of nitrogens with zero attached hydrogens (tertiary/aromatic N) is 2. The predicted molar refractivity (Wildman–Crippen MR) is 92.0 cm³/mol. The highest BCUT2D eigenvalue weighted by atomic mass is 16.1. The SMILES string of the molecule is Cc1cc(C)c2c(c1)C13CCN(C)C4C(=O)C(CCC41)C3N2C. The van der Waals surface area contributed by atoms with Crippen LogP contribution < -0.4 is 4.90 Å². The maximum Gasteiger partial charge on any atom is 0.155 e. The highest BCUT2D eigenvalue weighted by molar-refractivity contribution is 5.92. The molecule has 122 valence electrons. The Labute approximate surface area is 138 Å². The van der Waals surface area contributed by atoms with Crippen LogP contribution in [0.4, 0.5) is 5.69 Å². The van der Waals surface area contributed by atoms with E-state index in [1.807, 2.05) is 0 Å². The van der Waals surface area contributed by atoms with Gasteiger partial charge in [0.15, 0.2) is 5.78 Å². The summed E-state index contributed by atoms with van der Waals surface area (Å²) in [6, 6.07) is 5.30. The second-order valence-corrected chi connectivity index (χ2v) is 8.44. The lowest BCUT2D eigenvalue weighted by Gasteiger charge is -2.62. The summed E-state index contributed by atoms with van der Waals surface area (Å²) in [4.78, 5) is 18.0. The lowest BCUT2D eigenvalue weighted by molar-refractivity contribution is -0.150. The van der Waals surface area contributed by atoms with Gasteiger partial charge in [0.25, 0.3) is 0 Å². The standard InChI is InChI=1S/C20H26N2O/c1-11-9-12(2)16-15(10-11)20-7-8-21(3)17-14(20)6-5-13(18(17)23)19(20)22(16)4/h9-10,13-14,17,19H,5-8H2,1-4H3. The van der Waals surface area contributed by atoms with E-state index in [0.717, 1.165) is 13.0 Å². The van der Waals surface area contributed by atoms with E-state index in [-0.39, 0.29) is 17.4 Å². The van der Waals surface area contributed by atoms with Crippen molar-refractivity contribution in [2.75, 3.05) is 25.5 Å². The maximum absolute atomic E-state index is 13.1. The first-order chi connectivity index (χ1) is 11.0. The molecule has 1 aromatic carbocycles. The fourth-order valence-corrected chi connectivity index (χ4v) is 6.90. The number of ketones is 1. The average molecular weight is 310 g/mol. The first-order valence-electron chi connectivity index (χ1n) is 9.05. The highest BCUT2D eigenvalue weighted by Crippen LogP contribution is 2.64. The van der Waals surface area contributed by atoms with Gasteiger partial charge in [0.05, 0.1) is 6.04 Å². The largest absolute Gasteiger partial charge is 0.370 e. The molecule has 5 aliphatic rings. The molecule has 0 N–H and O–H groups in total. The molecule has 5 atom stereocenters. The van der Waals surface area contributed by atoms with Crippen molar-refractivity contribution in [3.05, 3.63) is 28.8 Å². The van der Waals surface area contributed by atoms with Gasteiger partial charge in [-0.1, -0.05) is 17.7 Å². The number of Topliss-reactive ketones (excluding diaryl/α,β-unsaturated/α-hetero) is 1. The van der Waals surface area contributed by atoms with E-state index < -0.39 is 0 Å². The van der Waals surface area contributed by atoms with Gasteiger partial charge >= 0.3 is 0 Å². The van der Waals surface area contributed by atoms with Gasteiger partial charge in [-0.05, 0) is 63.7 Å². The Bertz CT molecular complexity index is 727. The summed E-state index contributed by atoms with van der Waals surface area (Å²) >= 11 is 0. The van der Waals surface area contributed by atoms with Crippen LogP contribution >= 0.6 is 0 Å². The number of hydrogen-bond acceptors (Lipinski definition) is 3. The van der Waals surface area contributed by atoms with E-state index in [1.165, 1.54) is 29.7 Å². The number of fused-ring (bicyclic) bond motifs is 2. The fraction of sp³-hybridized carbons (Fsp3) is 0.650. The Hall–Kier alpha value is -1.35. The molecule has 1 spiro atoms. The Morgan fingerprint density at radius 1 is 1.17 bits per heavy atom. The Balaban J connectivity index is 1.81. The quantitative estimate of drug-likeness (QED) is 0.736. The molecule has 0 amide bonds. The number of rotatable bonds is 0. The van der Waals surface area contributed by atoms with E-state index in [9.17, 15) is 4.79 Å². The van der Waals surface area contributed by atoms with Gasteiger partial charge in [-0.3, -0.25) is 9.69 Å². The highest BCUT2D eigenvalue weighted by Gasteiger charge is 2.69. The van der Waals surface area contributed by atoms with E-state index in [4.69, 9.17) is 0 Å². The van der Waals surface area contributed by atoms with Crippen molar-refractivity contribution in [1.82, 2.24) is 4.90 Å². The zero-order valence-electron chi connectivity index (χ0n) is 14.6. The van der Waals surface area contributed by atoms with Crippen molar-refractivity contribution in [2.45, 2.75) is 50.6 Å². The Kier molecular flexibility index (Phi) is 2.55. The summed E-state index contributed by atoms with van der Waals surface area (Å²) in [5.41, 5.74) is 5.95. The van der Waals surface area contributed by atoms with Crippen LogP contribution in [0, 0.1) is 25.7 Å². The third-order valence-corrected chi connectivity index (χ3v) is 7.47. The predicted octanol–water partition coefficient (Wildman–Crippen LogP) is 2.67. The molecule has 6 rings (SSSR count). The number of likely N-dealkylation sites (tertiary alicyclic amines) is 1. The van der Waals surface area contributed by atoms with E-state index in [2.05, 4.69) is 49.9 Å². The third kappa shape index (κ3) is 1.40. The van der Waals surface area contributed by atoms with Crippen molar-refractivity contribution >= 4 is 11.5 Å². The lowest BCUT2D eigenvalue weighted by Crippen LogP contribution is -2.73. The number of carbonyl (C=O) groups is 1. The molecule has 4 fully saturated rings. The van der Waals surface area contributed by atoms with Crippen molar-refractivity contribution < 1.29 is 4.79 Å². The van der Waals surface area contributed by atoms with Crippen molar-refractivity contribution in [1.29, 1.82) is 0 Å². The van der Waals surface area contributed by atoms with Crippen LogP contribution in [0.25, 0.3) is 0 Å². The molecule has 3 aliphatic carbocycles. The molecule has 3 saturated carbocycles. The number of benzene rings is 1. The third-order valence-electron chi connectivity index (χ3n) is 7.47. The first kappa shape index (κ1) is 14.0. The number of likely N-dealkylation sites (N-methyl/N-ethyl adjacent to an activating group) is 2. The van der Waals surface area contributed by atoms with Crippen molar-refractivity contribution in [2.24, 2.45) is 11.8 Å². The van der Waals surface area contributed by atoms with Gasteiger partial charge < -0.3 is 4.90 Å². The molecular weight excluding hydrogens is 284 g/mol. The Morgan fingerprint density at radius 3 is 2.74 bits per heavy atom. The molecule has 0 radical (unpaired) electrons. The molecule has 0 aromatic heterocycles. The number of anilines is 1. The number of carbonyl (C=O) groups excluding carboxylic acids is 1. The van der Waals surface area contributed by atoms with Crippen LogP contribution in [0.1, 0.15) is 36.0 Å². The lowest BCUT2D eigenvalue weighted by atomic mass is 9.47. The zero-order chi connectivity index (χ0) is 16.1.